The van der Waals surface area contributed by atoms with Gasteiger partial charge in [-0.25, -0.2) is 0 Å². The molecule has 0 aliphatic heterocycles. The van der Waals surface area contributed by atoms with Crippen molar-refractivity contribution in [2.45, 2.75) is 26.9 Å². The molecule has 4 aromatic rings. The number of carbonyl (C=O) groups is 1. The first kappa shape index (κ1) is 24.7. The Kier molecular flexibility index (Phi) is 8.42. The van der Waals surface area contributed by atoms with Gasteiger partial charge in [-0.15, -0.1) is 17.0 Å². The zero-order valence-corrected chi connectivity index (χ0v) is 20.9. The average molecular weight is 507 g/mol. The van der Waals surface area contributed by atoms with Crippen molar-refractivity contribution in [2.24, 2.45) is 0 Å². The second-order valence-electron chi connectivity index (χ2n) is 7.94. The third-order valence-electron chi connectivity index (χ3n) is 6.12. The van der Waals surface area contributed by atoms with E-state index in [1.807, 2.05) is 75.9 Å². The summed E-state index contributed by atoms with van der Waals surface area (Å²) in [5.74, 6) is 0.00903. The molecular weight excluding hydrogens is 476 g/mol. The van der Waals surface area contributed by atoms with Crippen molar-refractivity contribution in [3.8, 4) is 11.1 Å². The van der Waals surface area contributed by atoms with Gasteiger partial charge in [0.15, 0.2) is 5.78 Å². The number of carbonyl (C=O) groups excluding carboxylic acids is 1. The highest BCUT2D eigenvalue weighted by molar-refractivity contribution is 8.93. The SMILES string of the molecule is Br.CCN(CC)CCn1c(=N)n(CC(=O)c2ccc(-c3ccccc3)cc2)c2ccccc21. The number of para-hydroxylation sites is 2. The molecule has 0 unspecified atom stereocenters. The van der Waals surface area contributed by atoms with E-state index in [0.717, 1.165) is 48.3 Å². The summed E-state index contributed by atoms with van der Waals surface area (Å²) < 4.78 is 3.84. The van der Waals surface area contributed by atoms with Crippen LogP contribution in [-0.4, -0.2) is 39.5 Å². The zero-order valence-electron chi connectivity index (χ0n) is 19.2. The molecule has 6 heteroatoms. The number of ketones is 1. The smallest absolute Gasteiger partial charge is 0.203 e. The molecule has 0 aliphatic carbocycles. The largest absolute Gasteiger partial charge is 0.309 e. The van der Waals surface area contributed by atoms with Crippen LogP contribution in [0.25, 0.3) is 22.2 Å². The molecule has 0 saturated heterocycles. The fourth-order valence-corrected chi connectivity index (χ4v) is 4.18. The van der Waals surface area contributed by atoms with Crippen molar-refractivity contribution in [1.29, 1.82) is 5.41 Å². The fourth-order valence-electron chi connectivity index (χ4n) is 4.18. The van der Waals surface area contributed by atoms with E-state index in [0.29, 0.717) is 11.2 Å². The van der Waals surface area contributed by atoms with Crippen molar-refractivity contribution in [3.63, 3.8) is 0 Å². The van der Waals surface area contributed by atoms with Crippen LogP contribution < -0.4 is 5.62 Å². The zero-order chi connectivity index (χ0) is 22.5. The molecule has 33 heavy (non-hydrogen) atoms. The molecule has 3 aromatic carbocycles. The molecule has 0 spiro atoms. The first-order valence-electron chi connectivity index (χ1n) is 11.3. The molecule has 0 saturated carbocycles. The molecule has 5 nitrogen and oxygen atoms in total. The highest BCUT2D eigenvalue weighted by Crippen LogP contribution is 2.20. The van der Waals surface area contributed by atoms with Crippen LogP contribution in [-0.2, 0) is 13.1 Å². The Morgan fingerprint density at radius 2 is 1.33 bits per heavy atom. The molecule has 172 valence electrons. The van der Waals surface area contributed by atoms with E-state index in [1.54, 1.807) is 0 Å². The third-order valence-corrected chi connectivity index (χ3v) is 6.12. The van der Waals surface area contributed by atoms with Crippen LogP contribution in [0.4, 0.5) is 0 Å². The van der Waals surface area contributed by atoms with Crippen LogP contribution >= 0.6 is 17.0 Å². The number of nitrogens with one attached hydrogen (secondary N) is 1. The Labute approximate surface area is 205 Å². The summed E-state index contributed by atoms with van der Waals surface area (Å²) in [6, 6.07) is 25.9. The standard InChI is InChI=1S/C27H30N4O.BrH/c1-3-29(4-2)18-19-30-24-12-8-9-13-25(24)31(27(30)28)20-26(32)23-16-14-22(15-17-23)21-10-6-5-7-11-21;/h5-17,28H,3-4,18-20H2,1-2H3;1H. The minimum absolute atomic E-state index is 0. The van der Waals surface area contributed by atoms with Gasteiger partial charge in [-0.2, -0.15) is 0 Å². The summed E-state index contributed by atoms with van der Waals surface area (Å²) in [6.45, 7) is 8.05. The Morgan fingerprint density at radius 3 is 1.94 bits per heavy atom. The van der Waals surface area contributed by atoms with Gasteiger partial charge in [0.05, 0.1) is 17.6 Å². The lowest BCUT2D eigenvalue weighted by Crippen LogP contribution is -2.32. The van der Waals surface area contributed by atoms with Crippen LogP contribution in [0.3, 0.4) is 0 Å². The molecule has 0 aliphatic rings. The summed E-state index contributed by atoms with van der Waals surface area (Å²) in [5.41, 5.74) is 5.17. The van der Waals surface area contributed by atoms with Gasteiger partial charge in [0.1, 0.15) is 0 Å². The highest BCUT2D eigenvalue weighted by atomic mass is 79.9. The number of rotatable bonds is 9. The maximum absolute atomic E-state index is 13.1. The fraction of sp³-hybridized carbons (Fsp3) is 0.259. The first-order chi connectivity index (χ1) is 15.6. The molecule has 1 heterocycles. The van der Waals surface area contributed by atoms with Crippen molar-refractivity contribution in [3.05, 3.63) is 90.0 Å². The number of likely N-dealkylation sites (N-methyl/N-ethyl adjacent to an activating group) is 1. The quantitative estimate of drug-likeness (QED) is 0.309. The van der Waals surface area contributed by atoms with Gasteiger partial charge < -0.3 is 14.0 Å². The Morgan fingerprint density at radius 1 is 0.788 bits per heavy atom. The first-order valence-corrected chi connectivity index (χ1v) is 11.3. The summed E-state index contributed by atoms with van der Waals surface area (Å²) in [5, 5.41) is 8.79. The molecule has 0 fully saturated rings. The molecule has 1 N–H and O–H groups in total. The average Bonchev–Trinajstić information content (AvgIpc) is 3.11. The van der Waals surface area contributed by atoms with E-state index in [2.05, 4.69) is 30.9 Å². The lowest BCUT2D eigenvalue weighted by molar-refractivity contribution is 0.0971. The van der Waals surface area contributed by atoms with Crippen LogP contribution in [0, 0.1) is 5.41 Å². The van der Waals surface area contributed by atoms with Crippen molar-refractivity contribution in [1.82, 2.24) is 14.0 Å². The second kappa shape index (κ2) is 11.3. The molecule has 1 aromatic heterocycles. The van der Waals surface area contributed by atoms with Gasteiger partial charge >= 0.3 is 0 Å². The number of hydrogen-bond donors (Lipinski definition) is 1. The van der Waals surface area contributed by atoms with E-state index < -0.39 is 0 Å². The van der Waals surface area contributed by atoms with Gasteiger partial charge in [-0.05, 0) is 36.3 Å². The van der Waals surface area contributed by atoms with Gasteiger partial charge in [0.2, 0.25) is 5.62 Å². The van der Waals surface area contributed by atoms with E-state index in [-0.39, 0.29) is 29.3 Å². The minimum atomic E-state index is 0. The Bertz CT molecular complexity index is 1260. The molecule has 4 rings (SSSR count). The molecular formula is C27H31BrN4O. The predicted molar refractivity (Wildman–Crippen MR) is 140 cm³/mol. The predicted octanol–water partition coefficient (Wildman–Crippen LogP) is 5.39. The number of fused-ring (bicyclic) bond motifs is 1. The lowest BCUT2D eigenvalue weighted by Gasteiger charge is -2.18. The van der Waals surface area contributed by atoms with Gasteiger partial charge in [-0.1, -0.05) is 80.6 Å². The monoisotopic (exact) mass is 506 g/mol. The number of Topliss-reactive ketones (excluding diaryl/α,β-unsaturated/α-hetero) is 1. The summed E-state index contributed by atoms with van der Waals surface area (Å²) in [7, 11) is 0. The molecule has 0 bridgehead atoms. The number of imidazole rings is 1. The van der Waals surface area contributed by atoms with Crippen molar-refractivity contribution < 1.29 is 4.79 Å². The number of nitrogens with zero attached hydrogens (tertiary/aromatic N) is 3. The van der Waals surface area contributed by atoms with Gasteiger partial charge in [0, 0.05) is 18.7 Å². The summed E-state index contributed by atoms with van der Waals surface area (Å²) in [6.07, 6.45) is 0. The van der Waals surface area contributed by atoms with Crippen LogP contribution in [0.2, 0.25) is 0 Å². The minimum Gasteiger partial charge on any atom is -0.309 e. The number of benzene rings is 3. The van der Waals surface area contributed by atoms with Gasteiger partial charge in [0.25, 0.3) is 0 Å². The summed E-state index contributed by atoms with van der Waals surface area (Å²) >= 11 is 0. The van der Waals surface area contributed by atoms with Crippen molar-refractivity contribution >= 4 is 33.8 Å². The highest BCUT2D eigenvalue weighted by Gasteiger charge is 2.15. The number of halogens is 1. The maximum Gasteiger partial charge on any atom is 0.203 e. The van der Waals surface area contributed by atoms with Crippen molar-refractivity contribution in [2.75, 3.05) is 19.6 Å². The van der Waals surface area contributed by atoms with E-state index in [9.17, 15) is 4.79 Å². The molecule has 0 amide bonds. The lowest BCUT2D eigenvalue weighted by atomic mass is 10.0. The van der Waals surface area contributed by atoms with Crippen LogP contribution in [0.1, 0.15) is 24.2 Å². The topological polar surface area (TPSA) is 54.0 Å². The normalized spacial score (nSPS) is 11.0. The number of hydrogen-bond acceptors (Lipinski definition) is 3. The summed E-state index contributed by atoms with van der Waals surface area (Å²) in [4.78, 5) is 15.4. The van der Waals surface area contributed by atoms with Gasteiger partial charge in [-0.3, -0.25) is 10.2 Å². The van der Waals surface area contributed by atoms with E-state index in [4.69, 9.17) is 5.41 Å². The number of aromatic nitrogens is 2. The molecule has 0 radical (unpaired) electrons. The van der Waals surface area contributed by atoms with E-state index in [1.165, 1.54) is 0 Å². The van der Waals surface area contributed by atoms with E-state index >= 15 is 0 Å². The third kappa shape index (κ3) is 5.34. The maximum atomic E-state index is 13.1. The second-order valence-corrected chi connectivity index (χ2v) is 7.94. The van der Waals surface area contributed by atoms with Crippen LogP contribution in [0.15, 0.2) is 78.9 Å². The Hall–Kier alpha value is -2.96. The molecule has 0 atom stereocenters. The van der Waals surface area contributed by atoms with Crippen LogP contribution in [0.5, 0.6) is 0 Å². The Balaban J connectivity index is 0.00000306.